The number of carbonyl (C=O) groups is 1. The van der Waals surface area contributed by atoms with E-state index < -0.39 is 38.5 Å². The number of carbonyl (C=O) groups excluding carboxylic acids is 1. The van der Waals surface area contributed by atoms with Gasteiger partial charge in [0, 0.05) is 16.1 Å². The third-order valence-electron chi connectivity index (χ3n) is 5.41. The van der Waals surface area contributed by atoms with E-state index in [4.69, 9.17) is 9.47 Å². The largest absolute Gasteiger partial charge is 0.508 e. The van der Waals surface area contributed by atoms with E-state index in [9.17, 15) is 4.79 Å². The Labute approximate surface area is 179 Å². The van der Waals surface area contributed by atoms with Crippen LogP contribution in [0.3, 0.4) is 0 Å². The lowest BCUT2D eigenvalue weighted by Gasteiger charge is -2.30. The van der Waals surface area contributed by atoms with E-state index in [1.807, 2.05) is 0 Å². The third-order valence-corrected chi connectivity index (χ3v) is 26.0. The maximum Gasteiger partial charge on any atom is 0.508 e. The highest BCUT2D eigenvalue weighted by molar-refractivity contribution is 6.98. The molecule has 0 amide bonds. The molecule has 0 fully saturated rings. The van der Waals surface area contributed by atoms with Crippen molar-refractivity contribution in [2.75, 3.05) is 13.2 Å². The Hall–Kier alpha value is -0.382. The van der Waals surface area contributed by atoms with Gasteiger partial charge in [0.1, 0.15) is 0 Å². The van der Waals surface area contributed by atoms with E-state index in [1.54, 1.807) is 0 Å². The molecule has 0 saturated heterocycles. The fourth-order valence-electron chi connectivity index (χ4n) is 4.24. The molecule has 0 spiro atoms. The maximum atomic E-state index is 11.8. The minimum atomic E-state index is -1.26. The lowest BCUT2D eigenvalue weighted by molar-refractivity contribution is 0.0553. The minimum Gasteiger partial charge on any atom is -0.434 e. The normalized spacial score (nSPS) is 13.1. The fourth-order valence-corrected chi connectivity index (χ4v) is 28.7. The van der Waals surface area contributed by atoms with Crippen molar-refractivity contribution in [3.63, 3.8) is 0 Å². The molecule has 0 aliphatic heterocycles. The summed E-state index contributed by atoms with van der Waals surface area (Å²) in [5, 5.41) is 0. The van der Waals surface area contributed by atoms with Gasteiger partial charge in [-0.15, -0.1) is 24.6 Å². The summed E-state index contributed by atoms with van der Waals surface area (Å²) in [5.74, 6) is 0. The van der Waals surface area contributed by atoms with Gasteiger partial charge in [0.25, 0.3) is 0 Å². The standard InChI is InChI=1S/C21H46O3Si4/c1-11-25(3,4)19-27(7,8)17-13-15-23-21(22)24-16-14-18-28(9,10)20-26(5,6)12-2/h11-12H,1-2,13-20H2,3-10H3. The van der Waals surface area contributed by atoms with Gasteiger partial charge >= 0.3 is 6.16 Å². The zero-order valence-corrected chi connectivity index (χ0v) is 24.0. The molecule has 28 heavy (non-hydrogen) atoms. The van der Waals surface area contributed by atoms with Gasteiger partial charge < -0.3 is 9.47 Å². The van der Waals surface area contributed by atoms with Gasteiger partial charge in [0.15, 0.2) is 0 Å². The predicted molar refractivity (Wildman–Crippen MR) is 136 cm³/mol. The molecular formula is C21H46O3Si4. The van der Waals surface area contributed by atoms with Crippen LogP contribution in [-0.2, 0) is 9.47 Å². The molecule has 0 aliphatic rings. The first-order valence-electron chi connectivity index (χ1n) is 10.7. The summed E-state index contributed by atoms with van der Waals surface area (Å²) in [6, 6.07) is 2.38. The minimum absolute atomic E-state index is 0.477. The molecule has 3 nitrogen and oxygen atoms in total. The van der Waals surface area contributed by atoms with Crippen molar-refractivity contribution in [3.8, 4) is 0 Å². The topological polar surface area (TPSA) is 35.5 Å². The van der Waals surface area contributed by atoms with Gasteiger partial charge in [-0.25, -0.2) is 4.79 Å². The Morgan fingerprint density at radius 3 is 1.32 bits per heavy atom. The molecule has 0 unspecified atom stereocenters. The highest BCUT2D eigenvalue weighted by atomic mass is 28.4. The Bertz CT molecular complexity index is 470. The van der Waals surface area contributed by atoms with Gasteiger partial charge in [0.05, 0.1) is 29.4 Å². The van der Waals surface area contributed by atoms with E-state index >= 15 is 0 Å². The average molecular weight is 459 g/mol. The van der Waals surface area contributed by atoms with Gasteiger partial charge in [-0.1, -0.05) is 75.8 Å². The molecule has 0 aromatic carbocycles. The summed E-state index contributed by atoms with van der Waals surface area (Å²) in [7, 11) is -5.01. The summed E-state index contributed by atoms with van der Waals surface area (Å²) in [5.41, 5.74) is 7.08. The Morgan fingerprint density at radius 2 is 1.04 bits per heavy atom. The van der Waals surface area contributed by atoms with Crippen LogP contribution < -0.4 is 0 Å². The van der Waals surface area contributed by atoms with Crippen LogP contribution in [0.2, 0.25) is 75.8 Å². The van der Waals surface area contributed by atoms with Gasteiger partial charge in [0.2, 0.25) is 0 Å². The SMILES string of the molecule is C=C[Si](C)(C)C[Si](C)(C)CCCOC(=O)OCCC[Si](C)(C)C[Si](C)(C)C=C. The molecule has 0 rings (SSSR count). The molecule has 0 aliphatic carbocycles. The molecular weight excluding hydrogens is 413 g/mol. The van der Waals surface area contributed by atoms with Crippen molar-refractivity contribution in [2.24, 2.45) is 0 Å². The second kappa shape index (κ2) is 11.7. The van der Waals surface area contributed by atoms with Crippen LogP contribution >= 0.6 is 0 Å². The summed E-state index contributed by atoms with van der Waals surface area (Å²) in [4.78, 5) is 11.8. The first kappa shape index (κ1) is 27.6. The fraction of sp³-hybridized carbons (Fsp3) is 0.762. The average Bonchev–Trinajstić information content (AvgIpc) is 2.54. The predicted octanol–water partition coefficient (Wildman–Crippen LogP) is 7.28. The molecule has 164 valence electrons. The second-order valence-corrected chi connectivity index (χ2v) is 32.5. The highest BCUT2D eigenvalue weighted by Crippen LogP contribution is 2.26. The zero-order valence-electron chi connectivity index (χ0n) is 20.0. The van der Waals surface area contributed by atoms with Crippen LogP contribution in [0, 0.1) is 0 Å². The molecule has 0 heterocycles. The molecule has 0 atom stereocenters. The molecule has 0 radical (unpaired) electrons. The van der Waals surface area contributed by atoms with E-state index in [0.717, 1.165) is 12.8 Å². The summed E-state index contributed by atoms with van der Waals surface area (Å²) in [6.45, 7) is 28.2. The Balaban J connectivity index is 4.00. The Kier molecular flexibility index (Phi) is 11.6. The zero-order chi connectivity index (χ0) is 22.1. The Morgan fingerprint density at radius 1 is 0.714 bits per heavy atom. The number of hydrogen-bond acceptors (Lipinski definition) is 3. The molecule has 0 aromatic rings. The van der Waals surface area contributed by atoms with Crippen molar-refractivity contribution < 1.29 is 14.3 Å². The van der Waals surface area contributed by atoms with Crippen LogP contribution in [0.1, 0.15) is 12.8 Å². The van der Waals surface area contributed by atoms with Crippen molar-refractivity contribution in [1.29, 1.82) is 0 Å². The summed E-state index contributed by atoms with van der Waals surface area (Å²) >= 11 is 0. The van der Waals surface area contributed by atoms with Crippen LogP contribution in [0.25, 0.3) is 0 Å². The first-order chi connectivity index (χ1) is 12.6. The molecule has 0 N–H and O–H groups in total. The van der Waals surface area contributed by atoms with Crippen molar-refractivity contribution in [3.05, 3.63) is 24.6 Å². The van der Waals surface area contributed by atoms with Crippen molar-refractivity contribution >= 4 is 38.5 Å². The summed E-state index contributed by atoms with van der Waals surface area (Å²) < 4.78 is 10.6. The van der Waals surface area contributed by atoms with Crippen molar-refractivity contribution in [2.45, 2.75) is 88.6 Å². The first-order valence-corrected chi connectivity index (χ1v) is 24.1. The van der Waals surface area contributed by atoms with Crippen LogP contribution in [-0.4, -0.2) is 51.7 Å². The smallest absolute Gasteiger partial charge is 0.434 e. The molecule has 0 saturated carbocycles. The lowest BCUT2D eigenvalue weighted by Crippen LogP contribution is -2.38. The molecule has 0 bridgehead atoms. The van der Waals surface area contributed by atoms with Gasteiger partial charge in [-0.2, -0.15) is 0 Å². The van der Waals surface area contributed by atoms with Crippen LogP contribution in [0.5, 0.6) is 0 Å². The number of ether oxygens (including phenoxy) is 2. The molecule has 0 aromatic heterocycles. The van der Waals surface area contributed by atoms with Crippen LogP contribution in [0.4, 0.5) is 4.79 Å². The molecule has 7 heteroatoms. The quantitative estimate of drug-likeness (QED) is 0.156. The third kappa shape index (κ3) is 13.7. The van der Waals surface area contributed by atoms with E-state index in [2.05, 4.69) is 76.9 Å². The van der Waals surface area contributed by atoms with E-state index in [-0.39, 0.29) is 0 Å². The maximum absolute atomic E-state index is 11.8. The lowest BCUT2D eigenvalue weighted by atomic mass is 10.5. The van der Waals surface area contributed by atoms with E-state index in [0.29, 0.717) is 13.2 Å². The highest BCUT2D eigenvalue weighted by Gasteiger charge is 2.30. The van der Waals surface area contributed by atoms with Gasteiger partial charge in [-0.3, -0.25) is 0 Å². The number of rotatable bonds is 14. The van der Waals surface area contributed by atoms with E-state index in [1.165, 1.54) is 23.4 Å². The van der Waals surface area contributed by atoms with Crippen LogP contribution in [0.15, 0.2) is 24.6 Å². The monoisotopic (exact) mass is 458 g/mol. The second-order valence-electron chi connectivity index (χ2n) is 11.2. The van der Waals surface area contributed by atoms with Gasteiger partial charge in [-0.05, 0) is 12.8 Å². The van der Waals surface area contributed by atoms with Crippen molar-refractivity contribution in [1.82, 2.24) is 0 Å². The summed E-state index contributed by atoms with van der Waals surface area (Å²) in [6.07, 6.45) is 1.38. The number of hydrogen-bond donors (Lipinski definition) is 0.